The molecule has 0 atom stereocenters. The predicted molar refractivity (Wildman–Crippen MR) is 64.0 cm³/mol. The van der Waals surface area contributed by atoms with E-state index in [1.54, 1.807) is 35.6 Å². The number of carboxylic acids is 1. The summed E-state index contributed by atoms with van der Waals surface area (Å²) >= 11 is 1.62. The van der Waals surface area contributed by atoms with Crippen LogP contribution >= 0.6 is 11.3 Å². The van der Waals surface area contributed by atoms with E-state index in [-0.39, 0.29) is 0 Å². The molecule has 0 fully saturated rings. The van der Waals surface area contributed by atoms with Crippen molar-refractivity contribution in [2.45, 2.75) is 13.8 Å². The van der Waals surface area contributed by atoms with Crippen molar-refractivity contribution in [3.8, 4) is 10.6 Å². The van der Waals surface area contributed by atoms with Crippen LogP contribution in [0.5, 0.6) is 0 Å². The van der Waals surface area contributed by atoms with Gasteiger partial charge in [-0.25, -0.2) is 9.78 Å². The van der Waals surface area contributed by atoms with Crippen LogP contribution in [0.4, 0.5) is 0 Å². The summed E-state index contributed by atoms with van der Waals surface area (Å²) in [6.45, 7) is 4.00. The Morgan fingerprint density at radius 3 is 2.31 bits per heavy atom. The van der Waals surface area contributed by atoms with Crippen LogP contribution in [-0.2, 0) is 0 Å². The minimum Gasteiger partial charge on any atom is -0.478 e. The van der Waals surface area contributed by atoms with Gasteiger partial charge in [0.2, 0.25) is 0 Å². The van der Waals surface area contributed by atoms with Crippen molar-refractivity contribution < 1.29 is 9.90 Å². The summed E-state index contributed by atoms with van der Waals surface area (Å²) in [6.07, 6.45) is 0. The first-order chi connectivity index (χ1) is 7.58. The standard InChI is InChI=1S/C12H11NO2S/c1-7-8(2)16-11(13-7)9-3-5-10(6-4-9)12(14)15/h3-6H,1-2H3,(H,14,15). The van der Waals surface area contributed by atoms with Crippen LogP contribution < -0.4 is 0 Å². The van der Waals surface area contributed by atoms with E-state index in [4.69, 9.17) is 5.11 Å². The number of aromatic carboxylic acids is 1. The van der Waals surface area contributed by atoms with Crippen LogP contribution in [0, 0.1) is 13.8 Å². The molecule has 0 saturated heterocycles. The summed E-state index contributed by atoms with van der Waals surface area (Å²) in [5.74, 6) is -0.905. The van der Waals surface area contributed by atoms with Crippen LogP contribution in [0.3, 0.4) is 0 Å². The average Bonchev–Trinajstić information content (AvgIpc) is 2.59. The molecule has 1 aromatic heterocycles. The van der Waals surface area contributed by atoms with E-state index >= 15 is 0 Å². The molecule has 82 valence electrons. The Hall–Kier alpha value is -1.68. The fourth-order valence-electron chi connectivity index (χ4n) is 1.35. The summed E-state index contributed by atoms with van der Waals surface area (Å²) in [7, 11) is 0. The molecule has 0 aliphatic heterocycles. The number of carboxylic acid groups (broad SMARTS) is 1. The average molecular weight is 233 g/mol. The van der Waals surface area contributed by atoms with E-state index < -0.39 is 5.97 Å². The van der Waals surface area contributed by atoms with E-state index in [1.165, 1.54) is 4.88 Å². The van der Waals surface area contributed by atoms with Crippen LogP contribution in [0.25, 0.3) is 10.6 Å². The zero-order chi connectivity index (χ0) is 11.7. The number of aromatic nitrogens is 1. The normalized spacial score (nSPS) is 10.4. The topological polar surface area (TPSA) is 50.2 Å². The van der Waals surface area contributed by atoms with Gasteiger partial charge in [0, 0.05) is 10.4 Å². The Kier molecular flexibility index (Phi) is 2.75. The summed E-state index contributed by atoms with van der Waals surface area (Å²) in [6, 6.07) is 6.79. The maximum atomic E-state index is 10.7. The number of benzene rings is 1. The first kappa shape index (κ1) is 10.8. The van der Waals surface area contributed by atoms with Crippen molar-refractivity contribution in [2.75, 3.05) is 0 Å². The monoisotopic (exact) mass is 233 g/mol. The molecule has 4 heteroatoms. The van der Waals surface area contributed by atoms with E-state index in [1.807, 2.05) is 13.8 Å². The minimum absolute atomic E-state index is 0.300. The van der Waals surface area contributed by atoms with Crippen molar-refractivity contribution in [1.29, 1.82) is 0 Å². The molecule has 0 amide bonds. The second kappa shape index (κ2) is 4.06. The molecule has 0 spiro atoms. The van der Waals surface area contributed by atoms with Crippen molar-refractivity contribution in [3.05, 3.63) is 40.4 Å². The summed E-state index contributed by atoms with van der Waals surface area (Å²) in [4.78, 5) is 16.3. The van der Waals surface area contributed by atoms with Gasteiger partial charge in [0.25, 0.3) is 0 Å². The number of hydrogen-bond donors (Lipinski definition) is 1. The maximum Gasteiger partial charge on any atom is 0.335 e. The number of carbonyl (C=O) groups is 1. The molecule has 1 aromatic carbocycles. The van der Waals surface area contributed by atoms with Gasteiger partial charge in [0.15, 0.2) is 0 Å². The third-order valence-electron chi connectivity index (χ3n) is 2.41. The quantitative estimate of drug-likeness (QED) is 0.867. The summed E-state index contributed by atoms with van der Waals surface area (Å²) in [5.41, 5.74) is 2.29. The minimum atomic E-state index is -0.905. The van der Waals surface area contributed by atoms with E-state index in [2.05, 4.69) is 4.98 Å². The van der Waals surface area contributed by atoms with Crippen molar-refractivity contribution in [2.24, 2.45) is 0 Å². The molecular formula is C12H11NO2S. The molecule has 3 nitrogen and oxygen atoms in total. The molecule has 2 aromatic rings. The Labute approximate surface area is 97.4 Å². The van der Waals surface area contributed by atoms with Gasteiger partial charge < -0.3 is 5.11 Å². The lowest BCUT2D eigenvalue weighted by atomic mass is 10.1. The fraction of sp³-hybridized carbons (Fsp3) is 0.167. The molecule has 1 N–H and O–H groups in total. The third kappa shape index (κ3) is 1.97. The van der Waals surface area contributed by atoms with E-state index in [9.17, 15) is 4.79 Å². The molecule has 0 bridgehead atoms. The summed E-state index contributed by atoms with van der Waals surface area (Å²) < 4.78 is 0. The van der Waals surface area contributed by atoms with Crippen LogP contribution in [-0.4, -0.2) is 16.1 Å². The van der Waals surface area contributed by atoms with Crippen molar-refractivity contribution in [3.63, 3.8) is 0 Å². The van der Waals surface area contributed by atoms with Crippen LogP contribution in [0.1, 0.15) is 20.9 Å². The van der Waals surface area contributed by atoms with Gasteiger partial charge in [-0.3, -0.25) is 0 Å². The van der Waals surface area contributed by atoms with Crippen molar-refractivity contribution >= 4 is 17.3 Å². The molecule has 0 aliphatic carbocycles. The van der Waals surface area contributed by atoms with Gasteiger partial charge in [-0.15, -0.1) is 11.3 Å². The summed E-state index contributed by atoms with van der Waals surface area (Å²) in [5, 5.41) is 9.72. The second-order valence-electron chi connectivity index (χ2n) is 3.54. The zero-order valence-electron chi connectivity index (χ0n) is 9.02. The van der Waals surface area contributed by atoms with Gasteiger partial charge in [-0.05, 0) is 26.0 Å². The van der Waals surface area contributed by atoms with Gasteiger partial charge in [-0.2, -0.15) is 0 Å². The Morgan fingerprint density at radius 1 is 1.25 bits per heavy atom. The molecular weight excluding hydrogens is 222 g/mol. The number of thiazole rings is 1. The SMILES string of the molecule is Cc1nc(-c2ccc(C(=O)O)cc2)sc1C. The highest BCUT2D eigenvalue weighted by Crippen LogP contribution is 2.27. The highest BCUT2D eigenvalue weighted by molar-refractivity contribution is 7.15. The van der Waals surface area contributed by atoms with Crippen molar-refractivity contribution in [1.82, 2.24) is 4.98 Å². The van der Waals surface area contributed by atoms with Crippen LogP contribution in [0.15, 0.2) is 24.3 Å². The first-order valence-corrected chi connectivity index (χ1v) is 5.67. The fourth-order valence-corrected chi connectivity index (χ4v) is 2.27. The number of rotatable bonds is 2. The Bertz CT molecular complexity index is 509. The number of hydrogen-bond acceptors (Lipinski definition) is 3. The lowest BCUT2D eigenvalue weighted by Gasteiger charge is -1.97. The van der Waals surface area contributed by atoms with Gasteiger partial charge in [-0.1, -0.05) is 12.1 Å². The van der Waals surface area contributed by atoms with Crippen LogP contribution in [0.2, 0.25) is 0 Å². The third-order valence-corrected chi connectivity index (χ3v) is 3.53. The van der Waals surface area contributed by atoms with E-state index in [0.717, 1.165) is 16.3 Å². The predicted octanol–water partition coefficient (Wildman–Crippen LogP) is 3.13. The number of aryl methyl sites for hydroxylation is 2. The second-order valence-corrected chi connectivity index (χ2v) is 4.75. The van der Waals surface area contributed by atoms with Gasteiger partial charge in [0.05, 0.1) is 11.3 Å². The molecule has 0 saturated carbocycles. The maximum absolute atomic E-state index is 10.7. The highest BCUT2D eigenvalue weighted by Gasteiger charge is 2.07. The first-order valence-electron chi connectivity index (χ1n) is 4.85. The Balaban J connectivity index is 2.38. The zero-order valence-corrected chi connectivity index (χ0v) is 9.84. The van der Waals surface area contributed by atoms with Gasteiger partial charge in [0.1, 0.15) is 5.01 Å². The molecule has 2 rings (SSSR count). The molecule has 0 aliphatic rings. The molecule has 16 heavy (non-hydrogen) atoms. The molecule has 1 heterocycles. The lowest BCUT2D eigenvalue weighted by Crippen LogP contribution is -1.94. The number of nitrogens with zero attached hydrogens (tertiary/aromatic N) is 1. The van der Waals surface area contributed by atoms with Gasteiger partial charge >= 0.3 is 5.97 Å². The smallest absolute Gasteiger partial charge is 0.335 e. The molecule has 0 unspecified atom stereocenters. The lowest BCUT2D eigenvalue weighted by molar-refractivity contribution is 0.0697. The van der Waals surface area contributed by atoms with E-state index in [0.29, 0.717) is 5.56 Å². The molecule has 0 radical (unpaired) electrons. The Morgan fingerprint density at radius 2 is 1.88 bits per heavy atom. The highest BCUT2D eigenvalue weighted by atomic mass is 32.1. The largest absolute Gasteiger partial charge is 0.478 e.